The third-order valence-corrected chi connectivity index (χ3v) is 3.67. The second kappa shape index (κ2) is 9.04. The lowest BCUT2D eigenvalue weighted by Gasteiger charge is -2.10. The number of nitrogens with zero attached hydrogens (tertiary/aromatic N) is 1. The molecule has 0 amide bonds. The average molecular weight is 323 g/mol. The second-order valence-electron chi connectivity index (χ2n) is 6.05. The quantitative estimate of drug-likeness (QED) is 0.415. The van der Waals surface area contributed by atoms with Crippen molar-refractivity contribution in [1.82, 2.24) is 4.90 Å². The fraction of sp³-hybridized carbons (Fsp3) is 0.286. The van der Waals surface area contributed by atoms with Crippen molar-refractivity contribution in [2.45, 2.75) is 13.3 Å². The maximum Gasteiger partial charge on any atom is 0.160 e. The van der Waals surface area contributed by atoms with E-state index in [1.54, 1.807) is 6.92 Å². The third kappa shape index (κ3) is 5.67. The molecule has 24 heavy (non-hydrogen) atoms. The highest BCUT2D eigenvalue weighted by atomic mass is 16.5. The summed E-state index contributed by atoms with van der Waals surface area (Å²) >= 11 is 0. The van der Waals surface area contributed by atoms with E-state index >= 15 is 0 Å². The van der Waals surface area contributed by atoms with Crippen molar-refractivity contribution in [3.63, 3.8) is 0 Å². The van der Waals surface area contributed by atoms with Crippen LogP contribution in [-0.2, 0) is 4.79 Å². The molecule has 3 nitrogen and oxygen atoms in total. The second-order valence-corrected chi connectivity index (χ2v) is 6.05. The normalized spacial score (nSPS) is 11.6. The van der Waals surface area contributed by atoms with Gasteiger partial charge in [0.1, 0.15) is 5.75 Å². The monoisotopic (exact) mass is 323 g/mol. The van der Waals surface area contributed by atoms with Gasteiger partial charge in [-0.1, -0.05) is 42.5 Å². The van der Waals surface area contributed by atoms with Crippen LogP contribution in [0.4, 0.5) is 0 Å². The molecule has 0 atom stereocenters. The van der Waals surface area contributed by atoms with Gasteiger partial charge in [-0.15, -0.1) is 0 Å². The Morgan fingerprint density at radius 2 is 1.71 bits per heavy atom. The Labute approximate surface area is 144 Å². The minimum Gasteiger partial charge on any atom is -0.494 e. The zero-order chi connectivity index (χ0) is 17.4. The summed E-state index contributed by atoms with van der Waals surface area (Å²) in [5.74, 6) is 0.917. The molecule has 0 spiro atoms. The summed E-state index contributed by atoms with van der Waals surface area (Å²) in [6.07, 6.45) is 2.92. The molecular formula is C21H25NO2. The zero-order valence-corrected chi connectivity index (χ0v) is 14.7. The van der Waals surface area contributed by atoms with Crippen LogP contribution in [-0.4, -0.2) is 37.9 Å². The fourth-order valence-electron chi connectivity index (χ4n) is 2.40. The Morgan fingerprint density at radius 3 is 2.29 bits per heavy atom. The predicted molar refractivity (Wildman–Crippen MR) is 100 cm³/mol. The molecule has 0 heterocycles. The molecular weight excluding hydrogens is 298 g/mol. The fourth-order valence-corrected chi connectivity index (χ4v) is 2.40. The molecule has 0 aliphatic rings. The summed E-state index contributed by atoms with van der Waals surface area (Å²) in [6.45, 7) is 3.32. The first-order valence-corrected chi connectivity index (χ1v) is 8.22. The summed E-state index contributed by atoms with van der Waals surface area (Å²) in [6, 6.07) is 17.6. The van der Waals surface area contributed by atoms with Crippen molar-refractivity contribution in [3.8, 4) is 5.75 Å². The largest absolute Gasteiger partial charge is 0.494 e. The number of ketones is 1. The topological polar surface area (TPSA) is 29.5 Å². The van der Waals surface area contributed by atoms with Crippen LogP contribution in [0.15, 0.2) is 54.6 Å². The zero-order valence-electron chi connectivity index (χ0n) is 14.7. The van der Waals surface area contributed by atoms with Crippen LogP contribution >= 0.6 is 0 Å². The first-order chi connectivity index (χ1) is 11.6. The van der Waals surface area contributed by atoms with Crippen molar-refractivity contribution in [2.24, 2.45) is 0 Å². The summed E-state index contributed by atoms with van der Waals surface area (Å²) in [5.41, 5.74) is 2.65. The highest BCUT2D eigenvalue weighted by Crippen LogP contribution is 2.21. The number of hydrogen-bond donors (Lipinski definition) is 0. The van der Waals surface area contributed by atoms with Crippen LogP contribution in [0.1, 0.15) is 24.5 Å². The number of benzene rings is 2. The summed E-state index contributed by atoms with van der Waals surface area (Å²) in [7, 11) is 4.11. The number of ether oxygens (including phenoxy) is 1. The van der Waals surface area contributed by atoms with Crippen molar-refractivity contribution in [3.05, 3.63) is 65.7 Å². The van der Waals surface area contributed by atoms with Crippen LogP contribution in [0.5, 0.6) is 5.75 Å². The van der Waals surface area contributed by atoms with E-state index in [9.17, 15) is 4.79 Å². The lowest BCUT2D eigenvalue weighted by Crippen LogP contribution is -2.15. The average Bonchev–Trinajstić information content (AvgIpc) is 2.58. The van der Waals surface area contributed by atoms with E-state index in [2.05, 4.69) is 19.0 Å². The Hall–Kier alpha value is -2.39. The number of carbonyl (C=O) groups is 1. The molecule has 0 radical (unpaired) electrons. The maximum atomic E-state index is 11.9. The molecule has 0 aliphatic heterocycles. The molecule has 0 unspecified atom stereocenters. The molecule has 0 saturated carbocycles. The lowest BCUT2D eigenvalue weighted by molar-refractivity contribution is -0.111. The number of Topliss-reactive ketones (excluding diaryl/α,β-unsaturated/α-hetero) is 1. The number of carbonyl (C=O) groups excluding carboxylic acids is 1. The van der Waals surface area contributed by atoms with Crippen molar-refractivity contribution >= 4 is 17.4 Å². The Balaban J connectivity index is 2.05. The van der Waals surface area contributed by atoms with Gasteiger partial charge in [0.15, 0.2) is 5.78 Å². The standard InChI is InChI=1S/C21H25NO2/c1-17(23)21(19-8-5-4-6-9-19)16-18-10-12-20(13-11-18)24-15-7-14-22(2)3/h4-6,8-13,16H,7,14-15H2,1-3H3/b21-16-. The van der Waals surface area contributed by atoms with Gasteiger partial charge in [0.05, 0.1) is 6.61 Å². The Kier molecular flexibility index (Phi) is 6.76. The highest BCUT2D eigenvalue weighted by Gasteiger charge is 2.06. The van der Waals surface area contributed by atoms with Crippen LogP contribution in [0.25, 0.3) is 11.6 Å². The molecule has 3 heteroatoms. The summed E-state index contributed by atoms with van der Waals surface area (Å²) in [5, 5.41) is 0. The van der Waals surface area contributed by atoms with Gasteiger partial charge in [0.2, 0.25) is 0 Å². The first-order valence-electron chi connectivity index (χ1n) is 8.22. The molecule has 2 aromatic carbocycles. The van der Waals surface area contributed by atoms with Crippen LogP contribution < -0.4 is 4.74 Å². The van der Waals surface area contributed by atoms with Gasteiger partial charge >= 0.3 is 0 Å². The Morgan fingerprint density at radius 1 is 1.04 bits per heavy atom. The van der Waals surface area contributed by atoms with E-state index in [4.69, 9.17) is 4.74 Å². The minimum atomic E-state index is 0.0604. The van der Waals surface area contributed by atoms with Crippen molar-refractivity contribution in [2.75, 3.05) is 27.2 Å². The Bertz CT molecular complexity index is 673. The van der Waals surface area contributed by atoms with E-state index < -0.39 is 0 Å². The van der Waals surface area contributed by atoms with Crippen LogP contribution in [0, 0.1) is 0 Å². The van der Waals surface area contributed by atoms with E-state index in [0.717, 1.165) is 35.4 Å². The summed E-state index contributed by atoms with van der Waals surface area (Å²) < 4.78 is 5.73. The predicted octanol–water partition coefficient (Wildman–Crippen LogP) is 4.15. The first kappa shape index (κ1) is 18.0. The van der Waals surface area contributed by atoms with Gasteiger partial charge in [-0.25, -0.2) is 0 Å². The molecule has 0 aliphatic carbocycles. The van der Waals surface area contributed by atoms with Crippen LogP contribution in [0.3, 0.4) is 0 Å². The number of allylic oxidation sites excluding steroid dienone is 1. The van der Waals surface area contributed by atoms with E-state index in [-0.39, 0.29) is 5.78 Å². The third-order valence-electron chi connectivity index (χ3n) is 3.67. The molecule has 126 valence electrons. The number of rotatable bonds is 8. The molecule has 0 N–H and O–H groups in total. The van der Waals surface area contributed by atoms with Crippen LogP contribution in [0.2, 0.25) is 0 Å². The maximum absolute atomic E-state index is 11.9. The van der Waals surface area contributed by atoms with Gasteiger partial charge in [0.25, 0.3) is 0 Å². The molecule has 2 aromatic rings. The summed E-state index contributed by atoms with van der Waals surface area (Å²) in [4.78, 5) is 14.1. The van der Waals surface area contributed by atoms with Crippen molar-refractivity contribution < 1.29 is 9.53 Å². The van der Waals surface area contributed by atoms with Gasteiger partial charge in [-0.3, -0.25) is 4.79 Å². The minimum absolute atomic E-state index is 0.0604. The van der Waals surface area contributed by atoms with Gasteiger partial charge in [-0.2, -0.15) is 0 Å². The van der Waals surface area contributed by atoms with Gasteiger partial charge in [0, 0.05) is 12.1 Å². The smallest absolute Gasteiger partial charge is 0.160 e. The lowest BCUT2D eigenvalue weighted by atomic mass is 10.00. The van der Waals surface area contributed by atoms with Gasteiger partial charge < -0.3 is 9.64 Å². The number of hydrogen-bond acceptors (Lipinski definition) is 3. The van der Waals surface area contributed by atoms with E-state index in [1.807, 2.05) is 60.7 Å². The highest BCUT2D eigenvalue weighted by molar-refractivity contribution is 6.24. The molecule has 0 aromatic heterocycles. The molecule has 0 fully saturated rings. The van der Waals surface area contributed by atoms with E-state index in [1.165, 1.54) is 0 Å². The SMILES string of the molecule is CC(=O)/C(=C/c1ccc(OCCCN(C)C)cc1)c1ccccc1. The van der Waals surface area contributed by atoms with E-state index in [0.29, 0.717) is 6.61 Å². The molecule has 0 saturated heterocycles. The molecule has 2 rings (SSSR count). The van der Waals surface area contributed by atoms with Crippen molar-refractivity contribution in [1.29, 1.82) is 0 Å². The van der Waals surface area contributed by atoms with Gasteiger partial charge in [-0.05, 0) is 56.8 Å². The molecule has 0 bridgehead atoms.